The van der Waals surface area contributed by atoms with Gasteiger partial charge in [0.05, 0.1) is 11.6 Å². The first-order valence-corrected chi connectivity index (χ1v) is 11.1. The van der Waals surface area contributed by atoms with E-state index < -0.39 is 11.9 Å². The molecule has 6 heteroatoms. The molecule has 2 N–H and O–H groups in total. The molecule has 1 heterocycles. The van der Waals surface area contributed by atoms with Crippen molar-refractivity contribution in [2.75, 3.05) is 0 Å². The van der Waals surface area contributed by atoms with E-state index in [0.29, 0.717) is 15.6 Å². The number of unbranched alkanes of at least 4 members (excludes halogenated alkanes) is 8. The van der Waals surface area contributed by atoms with Gasteiger partial charge in [-0.05, 0) is 25.0 Å². The average molecular weight is 425 g/mol. The first kappa shape index (κ1) is 22.8. The molecule has 0 aliphatic carbocycles. The fourth-order valence-electron chi connectivity index (χ4n) is 3.48. The Morgan fingerprint density at radius 2 is 1.71 bits per heavy atom. The third-order valence-corrected chi connectivity index (χ3v) is 5.62. The largest absolute Gasteiger partial charge is 0.366 e. The van der Waals surface area contributed by atoms with Crippen molar-refractivity contribution in [1.29, 1.82) is 0 Å². The van der Waals surface area contributed by atoms with Crippen molar-refractivity contribution >= 4 is 29.1 Å². The number of amides is 1. The Labute approximate surface area is 178 Å². The number of aromatic nitrogens is 2. The van der Waals surface area contributed by atoms with Crippen LogP contribution in [0.15, 0.2) is 36.9 Å². The standard InChI is InChI=1S/C22H31Cl2N3O/c1-2-3-4-5-6-7-8-9-10-13-26-14-15-27(17-26)21(22(25)28)19-12-11-18(23)16-20(19)24/h11-12,14-17,21H,2-10,13H2,1H3,(H-,25,28)/p+1. The Morgan fingerprint density at radius 1 is 1.07 bits per heavy atom. The van der Waals surface area contributed by atoms with Gasteiger partial charge in [-0.3, -0.25) is 4.79 Å². The van der Waals surface area contributed by atoms with Gasteiger partial charge >= 0.3 is 0 Å². The molecule has 0 saturated heterocycles. The molecular formula is C22H32Cl2N3O+. The van der Waals surface area contributed by atoms with Gasteiger partial charge < -0.3 is 5.73 Å². The summed E-state index contributed by atoms with van der Waals surface area (Å²) in [4.78, 5) is 12.1. The third-order valence-electron chi connectivity index (χ3n) is 5.06. The number of halogens is 2. The molecule has 154 valence electrons. The SMILES string of the molecule is CCCCCCCCCCC[n+]1ccn(C(C(N)=O)c2ccc(Cl)cc2Cl)c1. The van der Waals surface area contributed by atoms with Crippen LogP contribution in [0.3, 0.4) is 0 Å². The van der Waals surface area contributed by atoms with Gasteiger partial charge in [-0.2, -0.15) is 0 Å². The number of carbonyl (C=O) groups excluding carboxylic acids is 1. The minimum absolute atomic E-state index is 0.440. The summed E-state index contributed by atoms with van der Waals surface area (Å²) < 4.78 is 3.91. The maximum atomic E-state index is 12.1. The summed E-state index contributed by atoms with van der Waals surface area (Å²) >= 11 is 12.2. The van der Waals surface area contributed by atoms with E-state index in [1.165, 1.54) is 51.4 Å². The van der Waals surface area contributed by atoms with Gasteiger partial charge in [0.1, 0.15) is 12.4 Å². The van der Waals surface area contributed by atoms with Crippen LogP contribution in [0.4, 0.5) is 0 Å². The molecule has 0 aliphatic rings. The summed E-state index contributed by atoms with van der Waals surface area (Å²) in [6, 6.07) is 4.46. The summed E-state index contributed by atoms with van der Waals surface area (Å²) in [5, 5.41) is 0.973. The monoisotopic (exact) mass is 424 g/mol. The zero-order chi connectivity index (χ0) is 20.4. The molecule has 1 amide bonds. The molecule has 2 aromatic rings. The molecule has 0 saturated carbocycles. The quantitative estimate of drug-likeness (QED) is 0.325. The van der Waals surface area contributed by atoms with Gasteiger partial charge in [0.2, 0.25) is 12.4 Å². The number of carbonyl (C=O) groups is 1. The van der Waals surface area contributed by atoms with Crippen molar-refractivity contribution in [3.05, 3.63) is 52.5 Å². The number of aryl methyl sites for hydroxylation is 1. The van der Waals surface area contributed by atoms with Gasteiger partial charge in [-0.1, -0.05) is 81.1 Å². The van der Waals surface area contributed by atoms with Crippen LogP contribution in [-0.2, 0) is 11.3 Å². The summed E-state index contributed by atoms with van der Waals surface area (Å²) in [5.41, 5.74) is 6.31. The first-order chi connectivity index (χ1) is 13.5. The summed E-state index contributed by atoms with van der Waals surface area (Å²) in [5.74, 6) is -0.449. The van der Waals surface area contributed by atoms with E-state index in [1.807, 2.05) is 23.3 Å². The lowest BCUT2D eigenvalue weighted by Gasteiger charge is -2.12. The van der Waals surface area contributed by atoms with E-state index in [4.69, 9.17) is 28.9 Å². The summed E-state index contributed by atoms with van der Waals surface area (Å²) in [6.45, 7) is 3.18. The number of hydrogen-bond donors (Lipinski definition) is 1. The van der Waals surface area contributed by atoms with Crippen LogP contribution in [0.2, 0.25) is 10.0 Å². The van der Waals surface area contributed by atoms with Crippen LogP contribution in [0.1, 0.15) is 76.3 Å². The van der Waals surface area contributed by atoms with Crippen molar-refractivity contribution < 1.29 is 9.36 Å². The van der Waals surface area contributed by atoms with Gasteiger partial charge in [0.15, 0.2) is 0 Å². The highest BCUT2D eigenvalue weighted by atomic mass is 35.5. The molecule has 4 nitrogen and oxygen atoms in total. The fraction of sp³-hybridized carbons (Fsp3) is 0.545. The maximum absolute atomic E-state index is 12.1. The second-order valence-corrected chi connectivity index (χ2v) is 8.24. The van der Waals surface area contributed by atoms with Crippen LogP contribution < -0.4 is 10.3 Å². The number of nitrogens with two attached hydrogens (primary N) is 1. The number of benzene rings is 1. The molecule has 0 fully saturated rings. The second kappa shape index (κ2) is 12.1. The Bertz CT molecular complexity index is 745. The van der Waals surface area contributed by atoms with Crippen LogP contribution in [-0.4, -0.2) is 10.5 Å². The Hall–Kier alpha value is -1.52. The van der Waals surface area contributed by atoms with E-state index in [-0.39, 0.29) is 0 Å². The van der Waals surface area contributed by atoms with Crippen LogP contribution in [0.5, 0.6) is 0 Å². The van der Waals surface area contributed by atoms with E-state index in [1.54, 1.807) is 18.2 Å². The van der Waals surface area contributed by atoms with Crippen molar-refractivity contribution in [2.45, 2.75) is 77.3 Å². The maximum Gasteiger partial charge on any atom is 0.267 e. The second-order valence-electron chi connectivity index (χ2n) is 7.40. The average Bonchev–Trinajstić information content (AvgIpc) is 3.10. The van der Waals surface area contributed by atoms with E-state index >= 15 is 0 Å². The highest BCUT2D eigenvalue weighted by Gasteiger charge is 2.27. The molecule has 1 atom stereocenters. The van der Waals surface area contributed by atoms with Crippen LogP contribution >= 0.6 is 23.2 Å². The minimum Gasteiger partial charge on any atom is -0.366 e. The predicted molar refractivity (Wildman–Crippen MR) is 116 cm³/mol. The molecule has 1 aromatic carbocycles. The number of imidazole rings is 1. The Balaban J connectivity index is 1.83. The number of rotatable bonds is 13. The lowest BCUT2D eigenvalue weighted by Crippen LogP contribution is -2.33. The number of nitrogens with zero attached hydrogens (tertiary/aromatic N) is 2. The van der Waals surface area contributed by atoms with E-state index in [2.05, 4.69) is 11.5 Å². The molecule has 0 radical (unpaired) electrons. The number of primary amides is 1. The Morgan fingerprint density at radius 3 is 2.32 bits per heavy atom. The highest BCUT2D eigenvalue weighted by molar-refractivity contribution is 6.35. The van der Waals surface area contributed by atoms with Gasteiger partial charge in [0.25, 0.3) is 5.91 Å². The third kappa shape index (κ3) is 7.14. The molecule has 1 unspecified atom stereocenters. The fourth-order valence-corrected chi connectivity index (χ4v) is 4.00. The van der Waals surface area contributed by atoms with E-state index in [9.17, 15) is 4.79 Å². The minimum atomic E-state index is -0.644. The van der Waals surface area contributed by atoms with Gasteiger partial charge in [-0.25, -0.2) is 9.13 Å². The van der Waals surface area contributed by atoms with Crippen LogP contribution in [0, 0.1) is 0 Å². The van der Waals surface area contributed by atoms with Crippen molar-refractivity contribution in [1.82, 2.24) is 4.57 Å². The molecule has 0 bridgehead atoms. The summed E-state index contributed by atoms with van der Waals surface area (Å²) in [6.07, 6.45) is 17.5. The first-order valence-electron chi connectivity index (χ1n) is 10.3. The van der Waals surface area contributed by atoms with Crippen molar-refractivity contribution in [2.24, 2.45) is 5.73 Å². The van der Waals surface area contributed by atoms with Gasteiger partial charge in [-0.15, -0.1) is 0 Å². The zero-order valence-corrected chi connectivity index (χ0v) is 18.3. The number of hydrogen-bond acceptors (Lipinski definition) is 1. The lowest BCUT2D eigenvalue weighted by atomic mass is 10.1. The molecule has 28 heavy (non-hydrogen) atoms. The van der Waals surface area contributed by atoms with Gasteiger partial charge in [0, 0.05) is 10.6 Å². The van der Waals surface area contributed by atoms with Crippen LogP contribution in [0.25, 0.3) is 0 Å². The van der Waals surface area contributed by atoms with Crippen molar-refractivity contribution in [3.63, 3.8) is 0 Å². The predicted octanol–water partition coefficient (Wildman–Crippen LogP) is 5.69. The molecule has 0 spiro atoms. The zero-order valence-electron chi connectivity index (χ0n) is 16.7. The molecular weight excluding hydrogens is 393 g/mol. The smallest absolute Gasteiger partial charge is 0.267 e. The normalized spacial score (nSPS) is 12.2. The molecule has 1 aromatic heterocycles. The topological polar surface area (TPSA) is 51.9 Å². The lowest BCUT2D eigenvalue weighted by molar-refractivity contribution is -0.697. The molecule has 0 aliphatic heterocycles. The Kier molecular flexibility index (Phi) is 9.86. The van der Waals surface area contributed by atoms with E-state index in [0.717, 1.165) is 13.0 Å². The molecule has 2 rings (SSSR count). The van der Waals surface area contributed by atoms with Crippen molar-refractivity contribution in [3.8, 4) is 0 Å². The highest BCUT2D eigenvalue weighted by Crippen LogP contribution is 2.28. The summed E-state index contributed by atoms with van der Waals surface area (Å²) in [7, 11) is 0.